The van der Waals surface area contributed by atoms with E-state index in [1.807, 2.05) is 0 Å². The monoisotopic (exact) mass is 285 g/mol. The van der Waals surface area contributed by atoms with Crippen LogP contribution in [0.4, 0.5) is 4.39 Å². The molecule has 2 aromatic rings. The van der Waals surface area contributed by atoms with E-state index in [1.54, 1.807) is 0 Å². The van der Waals surface area contributed by atoms with Gasteiger partial charge in [0.15, 0.2) is 9.84 Å². The zero-order valence-electron chi connectivity index (χ0n) is 9.41. The molecule has 2 rings (SSSR count). The quantitative estimate of drug-likeness (QED) is 0.913. The van der Waals surface area contributed by atoms with Gasteiger partial charge in [-0.15, -0.1) is 0 Å². The van der Waals surface area contributed by atoms with Crippen molar-refractivity contribution >= 4 is 15.8 Å². The molecule has 0 fully saturated rings. The SMILES string of the molecule is O=C(O)c1ccc(F)c(S(=O)(=O)Cc2cnoc2)c1. The van der Waals surface area contributed by atoms with Crippen molar-refractivity contribution in [1.29, 1.82) is 0 Å². The van der Waals surface area contributed by atoms with Crippen molar-refractivity contribution in [1.82, 2.24) is 5.16 Å². The zero-order chi connectivity index (χ0) is 14.0. The van der Waals surface area contributed by atoms with Crippen molar-refractivity contribution in [3.05, 3.63) is 47.6 Å². The van der Waals surface area contributed by atoms with Crippen LogP contribution in [0.2, 0.25) is 0 Å². The van der Waals surface area contributed by atoms with Crippen molar-refractivity contribution in [3.63, 3.8) is 0 Å². The Kier molecular flexibility index (Phi) is 3.34. The molecule has 1 heterocycles. The van der Waals surface area contributed by atoms with Gasteiger partial charge in [0.2, 0.25) is 0 Å². The first-order valence-electron chi connectivity index (χ1n) is 5.04. The summed E-state index contributed by atoms with van der Waals surface area (Å²) in [7, 11) is -4.01. The predicted octanol–water partition coefficient (Wildman–Crippen LogP) is 1.49. The van der Waals surface area contributed by atoms with Crippen LogP contribution >= 0.6 is 0 Å². The van der Waals surface area contributed by atoms with E-state index in [-0.39, 0.29) is 11.1 Å². The lowest BCUT2D eigenvalue weighted by molar-refractivity contribution is 0.0696. The van der Waals surface area contributed by atoms with E-state index in [4.69, 9.17) is 5.11 Å². The molecule has 0 radical (unpaired) electrons. The van der Waals surface area contributed by atoms with Gasteiger partial charge >= 0.3 is 5.97 Å². The maximum Gasteiger partial charge on any atom is 0.335 e. The second-order valence-corrected chi connectivity index (χ2v) is 5.70. The third kappa shape index (κ3) is 2.79. The second-order valence-electron chi connectivity index (χ2n) is 3.74. The van der Waals surface area contributed by atoms with Crippen molar-refractivity contribution in [2.45, 2.75) is 10.6 Å². The highest BCUT2D eigenvalue weighted by Crippen LogP contribution is 2.21. The van der Waals surface area contributed by atoms with Gasteiger partial charge < -0.3 is 9.63 Å². The van der Waals surface area contributed by atoms with Gasteiger partial charge in [0, 0.05) is 5.56 Å². The summed E-state index contributed by atoms with van der Waals surface area (Å²) in [5, 5.41) is 12.1. The fourth-order valence-electron chi connectivity index (χ4n) is 1.47. The highest BCUT2D eigenvalue weighted by molar-refractivity contribution is 7.90. The molecule has 0 aliphatic heterocycles. The molecule has 1 N–H and O–H groups in total. The molecule has 6 nitrogen and oxygen atoms in total. The van der Waals surface area contributed by atoms with E-state index in [2.05, 4.69) is 9.68 Å². The molecule has 8 heteroatoms. The number of halogens is 1. The van der Waals surface area contributed by atoms with Crippen LogP contribution in [0.25, 0.3) is 0 Å². The molecular weight excluding hydrogens is 277 g/mol. The Hall–Kier alpha value is -2.22. The summed E-state index contributed by atoms with van der Waals surface area (Å²) in [6, 6.07) is 2.60. The molecule has 100 valence electrons. The van der Waals surface area contributed by atoms with E-state index in [0.29, 0.717) is 0 Å². The summed E-state index contributed by atoms with van der Waals surface area (Å²) < 4.78 is 42.0. The standard InChI is InChI=1S/C11H8FNO5S/c12-9-2-1-8(11(14)15)3-10(9)19(16,17)6-7-4-13-18-5-7/h1-5H,6H2,(H,14,15). The molecule has 0 atom stereocenters. The van der Waals surface area contributed by atoms with Gasteiger partial charge in [-0.1, -0.05) is 5.16 Å². The Morgan fingerprint density at radius 2 is 2.16 bits per heavy atom. The Morgan fingerprint density at radius 3 is 2.74 bits per heavy atom. The van der Waals surface area contributed by atoms with Gasteiger partial charge in [-0.05, 0) is 18.2 Å². The van der Waals surface area contributed by atoms with Crippen LogP contribution in [0.15, 0.2) is 40.1 Å². The molecule has 0 bridgehead atoms. The minimum atomic E-state index is -4.01. The van der Waals surface area contributed by atoms with Gasteiger partial charge in [0.1, 0.15) is 17.0 Å². The van der Waals surface area contributed by atoms with Crippen LogP contribution < -0.4 is 0 Å². The fourth-order valence-corrected chi connectivity index (χ4v) is 2.88. The van der Waals surface area contributed by atoms with E-state index < -0.39 is 32.3 Å². The van der Waals surface area contributed by atoms with Crippen molar-refractivity contribution in [2.24, 2.45) is 0 Å². The molecule has 1 aromatic heterocycles. The first-order valence-corrected chi connectivity index (χ1v) is 6.69. The highest BCUT2D eigenvalue weighted by atomic mass is 32.2. The minimum absolute atomic E-state index is 0.250. The molecule has 0 aliphatic carbocycles. The van der Waals surface area contributed by atoms with E-state index in [1.165, 1.54) is 6.20 Å². The largest absolute Gasteiger partial charge is 0.478 e. The third-order valence-corrected chi connectivity index (χ3v) is 4.05. The number of carbonyl (C=O) groups is 1. The Bertz CT molecular complexity index is 709. The minimum Gasteiger partial charge on any atom is -0.478 e. The number of benzene rings is 1. The lowest BCUT2D eigenvalue weighted by Gasteiger charge is -2.05. The van der Waals surface area contributed by atoms with Crippen LogP contribution in [0.3, 0.4) is 0 Å². The van der Waals surface area contributed by atoms with Crippen LogP contribution in [-0.2, 0) is 15.6 Å². The normalized spacial score (nSPS) is 11.4. The maximum absolute atomic E-state index is 13.5. The number of aromatic nitrogens is 1. The van der Waals surface area contributed by atoms with Crippen molar-refractivity contribution < 1.29 is 27.2 Å². The van der Waals surface area contributed by atoms with Gasteiger partial charge in [0.05, 0.1) is 17.5 Å². The zero-order valence-corrected chi connectivity index (χ0v) is 10.2. The molecule has 0 aliphatic rings. The first-order chi connectivity index (χ1) is 8.90. The fraction of sp³-hybridized carbons (Fsp3) is 0.0909. The Labute approximate surface area is 107 Å². The molecule has 0 spiro atoms. The summed E-state index contributed by atoms with van der Waals surface area (Å²) in [4.78, 5) is 10.1. The number of nitrogens with zero attached hydrogens (tertiary/aromatic N) is 1. The molecule has 1 aromatic carbocycles. The van der Waals surface area contributed by atoms with E-state index in [9.17, 15) is 17.6 Å². The van der Waals surface area contributed by atoms with Crippen LogP contribution in [0, 0.1) is 5.82 Å². The summed E-state index contributed by atoms with van der Waals surface area (Å²) in [6.45, 7) is 0. The number of sulfone groups is 1. The summed E-state index contributed by atoms with van der Waals surface area (Å²) in [6.07, 6.45) is 2.31. The number of carboxylic acids is 1. The lowest BCUT2D eigenvalue weighted by Crippen LogP contribution is -2.09. The van der Waals surface area contributed by atoms with Crippen LogP contribution in [0.1, 0.15) is 15.9 Å². The number of carboxylic acid groups (broad SMARTS) is 1. The summed E-state index contributed by atoms with van der Waals surface area (Å²) >= 11 is 0. The molecule has 19 heavy (non-hydrogen) atoms. The molecule has 0 saturated carbocycles. The first kappa shape index (κ1) is 13.2. The average molecular weight is 285 g/mol. The average Bonchev–Trinajstić information content (AvgIpc) is 2.81. The number of rotatable bonds is 4. The van der Waals surface area contributed by atoms with Gasteiger partial charge in [-0.2, -0.15) is 0 Å². The number of hydrogen-bond donors (Lipinski definition) is 1. The van der Waals surface area contributed by atoms with E-state index >= 15 is 0 Å². The molecule has 0 unspecified atom stereocenters. The summed E-state index contributed by atoms with van der Waals surface area (Å²) in [5.41, 5.74) is -0.0505. The maximum atomic E-state index is 13.5. The summed E-state index contributed by atoms with van der Waals surface area (Å²) in [5.74, 6) is -2.85. The Morgan fingerprint density at radius 1 is 1.42 bits per heavy atom. The topological polar surface area (TPSA) is 97.5 Å². The van der Waals surface area contributed by atoms with Gasteiger partial charge in [0.25, 0.3) is 0 Å². The number of hydrogen-bond acceptors (Lipinski definition) is 5. The van der Waals surface area contributed by atoms with E-state index in [0.717, 1.165) is 24.5 Å². The second kappa shape index (κ2) is 4.81. The lowest BCUT2D eigenvalue weighted by atomic mass is 10.2. The molecular formula is C11H8FNO5S. The predicted molar refractivity (Wildman–Crippen MR) is 60.8 cm³/mol. The highest BCUT2D eigenvalue weighted by Gasteiger charge is 2.22. The van der Waals surface area contributed by atoms with Gasteiger partial charge in [-0.25, -0.2) is 17.6 Å². The number of aromatic carboxylic acids is 1. The Balaban J connectivity index is 2.45. The molecule has 0 saturated heterocycles. The molecule has 0 amide bonds. The smallest absolute Gasteiger partial charge is 0.335 e. The van der Waals surface area contributed by atoms with Gasteiger partial charge in [-0.3, -0.25) is 0 Å². The van der Waals surface area contributed by atoms with Crippen LogP contribution in [0.5, 0.6) is 0 Å². The third-order valence-electron chi connectivity index (χ3n) is 2.35. The van der Waals surface area contributed by atoms with Crippen molar-refractivity contribution in [2.75, 3.05) is 0 Å². The van der Waals surface area contributed by atoms with Crippen molar-refractivity contribution in [3.8, 4) is 0 Å². The van der Waals surface area contributed by atoms with Crippen LogP contribution in [-0.4, -0.2) is 24.7 Å².